The lowest BCUT2D eigenvalue weighted by molar-refractivity contribution is 0.0350. The van der Waals surface area contributed by atoms with E-state index in [1.54, 1.807) is 7.05 Å². The molecule has 0 spiro atoms. The summed E-state index contributed by atoms with van der Waals surface area (Å²) >= 11 is 0. The minimum atomic E-state index is -3.55. The molecule has 1 unspecified atom stereocenters. The predicted molar refractivity (Wildman–Crippen MR) is 55.9 cm³/mol. The molecule has 0 amide bonds. The van der Waals surface area contributed by atoms with Crippen LogP contribution in [0.3, 0.4) is 0 Å². The second-order valence-corrected chi connectivity index (χ2v) is 5.50. The zero-order valence-corrected chi connectivity index (χ0v) is 9.72. The third-order valence-corrected chi connectivity index (χ3v) is 4.28. The molecule has 0 saturated carbocycles. The van der Waals surface area contributed by atoms with E-state index >= 15 is 0 Å². The molecule has 90 valence electrons. The highest BCUT2D eigenvalue weighted by atomic mass is 32.2. The number of sulfonamides is 1. The van der Waals surface area contributed by atoms with Crippen LogP contribution < -0.4 is 5.73 Å². The number of aryl methyl sites for hydroxylation is 1. The van der Waals surface area contributed by atoms with E-state index in [0.717, 1.165) is 0 Å². The number of nitrogens with zero attached hydrogens (tertiary/aromatic N) is 3. The van der Waals surface area contributed by atoms with Gasteiger partial charge < -0.3 is 10.5 Å². The van der Waals surface area contributed by atoms with Crippen LogP contribution in [-0.4, -0.2) is 48.4 Å². The summed E-state index contributed by atoms with van der Waals surface area (Å²) in [6, 6.07) is 0. The molecule has 1 aromatic heterocycles. The average molecular weight is 246 g/mol. The summed E-state index contributed by atoms with van der Waals surface area (Å²) in [6.45, 7) is 0.866. The molecule has 8 heteroatoms. The number of ether oxygens (including phenoxy) is 1. The van der Waals surface area contributed by atoms with Crippen molar-refractivity contribution in [2.45, 2.75) is 11.1 Å². The van der Waals surface area contributed by atoms with Crippen LogP contribution in [0.2, 0.25) is 0 Å². The summed E-state index contributed by atoms with van der Waals surface area (Å²) < 4.78 is 32.1. The Morgan fingerprint density at radius 2 is 2.38 bits per heavy atom. The molecule has 0 radical (unpaired) electrons. The summed E-state index contributed by atoms with van der Waals surface area (Å²) in [5.74, 6) is 0. The number of aromatic nitrogens is 2. The van der Waals surface area contributed by atoms with E-state index in [0.29, 0.717) is 6.61 Å². The molecular formula is C8H14N4O3S. The summed E-state index contributed by atoms with van der Waals surface area (Å²) in [5, 5.41) is 3.84. The van der Waals surface area contributed by atoms with Crippen LogP contribution in [0.4, 0.5) is 0 Å². The van der Waals surface area contributed by atoms with Gasteiger partial charge in [-0.2, -0.15) is 9.40 Å². The van der Waals surface area contributed by atoms with Gasteiger partial charge in [0.25, 0.3) is 0 Å². The van der Waals surface area contributed by atoms with Gasteiger partial charge in [-0.3, -0.25) is 4.68 Å². The van der Waals surface area contributed by atoms with Crippen LogP contribution in [0.15, 0.2) is 17.3 Å². The molecule has 2 heterocycles. The lowest BCUT2D eigenvalue weighted by atomic mass is 10.4. The van der Waals surface area contributed by atoms with Crippen molar-refractivity contribution in [3.63, 3.8) is 0 Å². The van der Waals surface area contributed by atoms with Gasteiger partial charge in [0.2, 0.25) is 10.0 Å². The minimum absolute atomic E-state index is 0.160. The Kier molecular flexibility index (Phi) is 2.98. The Morgan fingerprint density at radius 1 is 1.62 bits per heavy atom. The highest BCUT2D eigenvalue weighted by molar-refractivity contribution is 7.89. The van der Waals surface area contributed by atoms with E-state index < -0.39 is 16.2 Å². The van der Waals surface area contributed by atoms with Crippen LogP contribution in [0.25, 0.3) is 0 Å². The third-order valence-electron chi connectivity index (χ3n) is 2.40. The minimum Gasteiger partial charge on any atom is -0.377 e. The molecule has 1 aliphatic heterocycles. The summed E-state index contributed by atoms with van der Waals surface area (Å²) in [5.41, 5.74) is 5.70. The zero-order chi connectivity index (χ0) is 11.8. The van der Waals surface area contributed by atoms with E-state index in [1.165, 1.54) is 21.4 Å². The normalized spacial score (nSPS) is 23.5. The zero-order valence-electron chi connectivity index (χ0n) is 8.91. The quantitative estimate of drug-likeness (QED) is 0.702. The Bertz CT molecular complexity index is 469. The fraction of sp³-hybridized carbons (Fsp3) is 0.625. The maximum atomic E-state index is 12.1. The first-order valence-corrected chi connectivity index (χ1v) is 6.29. The van der Waals surface area contributed by atoms with E-state index in [2.05, 4.69) is 5.10 Å². The fourth-order valence-electron chi connectivity index (χ4n) is 1.57. The van der Waals surface area contributed by atoms with Crippen molar-refractivity contribution >= 4 is 10.0 Å². The van der Waals surface area contributed by atoms with Gasteiger partial charge in [0.1, 0.15) is 4.90 Å². The fourth-order valence-corrected chi connectivity index (χ4v) is 3.04. The van der Waals surface area contributed by atoms with Crippen LogP contribution in [0, 0.1) is 0 Å². The molecule has 0 aliphatic carbocycles. The highest BCUT2D eigenvalue weighted by Crippen LogP contribution is 2.17. The van der Waals surface area contributed by atoms with Gasteiger partial charge in [-0.25, -0.2) is 8.42 Å². The lowest BCUT2D eigenvalue weighted by Crippen LogP contribution is -2.53. The van der Waals surface area contributed by atoms with Crippen molar-refractivity contribution in [1.82, 2.24) is 14.1 Å². The van der Waals surface area contributed by atoms with Gasteiger partial charge in [-0.15, -0.1) is 0 Å². The first-order chi connectivity index (χ1) is 7.51. The van der Waals surface area contributed by atoms with Gasteiger partial charge in [0, 0.05) is 19.8 Å². The largest absolute Gasteiger partial charge is 0.377 e. The Hall–Kier alpha value is -0.960. The number of hydrogen-bond acceptors (Lipinski definition) is 5. The molecule has 16 heavy (non-hydrogen) atoms. The summed E-state index contributed by atoms with van der Waals surface area (Å²) in [6.07, 6.45) is 2.15. The maximum absolute atomic E-state index is 12.1. The number of rotatable bonds is 2. The standard InChI is InChI=1S/C8H14N4O3S/c1-11-5-7(4-10-11)16(13,14)12-2-3-15-6-8(12)9/h4-5,8H,2-3,6,9H2,1H3. The van der Waals surface area contributed by atoms with E-state index in [9.17, 15) is 8.42 Å². The molecule has 1 saturated heterocycles. The SMILES string of the molecule is Cn1cc(S(=O)(=O)N2CCOCC2N)cn1. The molecule has 2 rings (SSSR count). The summed E-state index contributed by atoms with van der Waals surface area (Å²) in [4.78, 5) is 0.160. The van der Waals surface area contributed by atoms with Gasteiger partial charge in [-0.05, 0) is 0 Å². The molecule has 0 bridgehead atoms. The molecule has 0 aromatic carbocycles. The third kappa shape index (κ3) is 1.96. The molecule has 1 fully saturated rings. The molecular weight excluding hydrogens is 232 g/mol. The molecule has 1 atom stereocenters. The van der Waals surface area contributed by atoms with Crippen LogP contribution in [0.5, 0.6) is 0 Å². The van der Waals surface area contributed by atoms with Crippen molar-refractivity contribution in [3.05, 3.63) is 12.4 Å². The molecule has 1 aromatic rings. The average Bonchev–Trinajstić information content (AvgIpc) is 2.66. The molecule has 1 aliphatic rings. The first-order valence-electron chi connectivity index (χ1n) is 4.85. The van der Waals surface area contributed by atoms with Crippen LogP contribution in [0.1, 0.15) is 0 Å². The van der Waals surface area contributed by atoms with Gasteiger partial charge in [0.05, 0.1) is 25.6 Å². The summed E-state index contributed by atoms with van der Waals surface area (Å²) in [7, 11) is -1.88. The predicted octanol–water partition coefficient (Wildman–Crippen LogP) is -1.27. The van der Waals surface area contributed by atoms with Crippen molar-refractivity contribution in [2.75, 3.05) is 19.8 Å². The second kappa shape index (κ2) is 4.13. The van der Waals surface area contributed by atoms with Gasteiger partial charge >= 0.3 is 0 Å². The Balaban J connectivity index is 2.31. The van der Waals surface area contributed by atoms with Crippen molar-refractivity contribution in [2.24, 2.45) is 12.8 Å². The number of morpholine rings is 1. The van der Waals surface area contributed by atoms with Crippen molar-refractivity contribution in [1.29, 1.82) is 0 Å². The number of nitrogens with two attached hydrogens (primary N) is 1. The molecule has 2 N–H and O–H groups in total. The second-order valence-electron chi connectivity index (χ2n) is 3.61. The van der Waals surface area contributed by atoms with Crippen LogP contribution in [-0.2, 0) is 21.8 Å². The maximum Gasteiger partial charge on any atom is 0.247 e. The monoisotopic (exact) mass is 246 g/mol. The highest BCUT2D eigenvalue weighted by Gasteiger charge is 2.32. The Labute approximate surface area is 93.8 Å². The lowest BCUT2D eigenvalue weighted by Gasteiger charge is -2.31. The Morgan fingerprint density at radius 3 is 2.94 bits per heavy atom. The smallest absolute Gasteiger partial charge is 0.247 e. The number of hydrogen-bond donors (Lipinski definition) is 1. The van der Waals surface area contributed by atoms with E-state index in [1.807, 2.05) is 0 Å². The van der Waals surface area contributed by atoms with E-state index in [4.69, 9.17) is 10.5 Å². The van der Waals surface area contributed by atoms with Crippen molar-refractivity contribution in [3.8, 4) is 0 Å². The van der Waals surface area contributed by atoms with Crippen molar-refractivity contribution < 1.29 is 13.2 Å². The first kappa shape index (κ1) is 11.5. The van der Waals surface area contributed by atoms with Crippen LogP contribution >= 0.6 is 0 Å². The van der Waals surface area contributed by atoms with Gasteiger partial charge in [-0.1, -0.05) is 0 Å². The van der Waals surface area contributed by atoms with E-state index in [-0.39, 0.29) is 18.0 Å². The van der Waals surface area contributed by atoms with Gasteiger partial charge in [0.15, 0.2) is 0 Å². The molecule has 7 nitrogen and oxygen atoms in total. The topological polar surface area (TPSA) is 90.5 Å².